The maximum absolute atomic E-state index is 13.2. The lowest BCUT2D eigenvalue weighted by atomic mass is 9.91. The van der Waals surface area contributed by atoms with Gasteiger partial charge in [-0.25, -0.2) is 4.98 Å². The van der Waals surface area contributed by atoms with Gasteiger partial charge in [-0.3, -0.25) is 9.78 Å². The van der Waals surface area contributed by atoms with Gasteiger partial charge in [0.1, 0.15) is 4.60 Å². The van der Waals surface area contributed by atoms with E-state index in [0.29, 0.717) is 34.0 Å². The molecule has 0 bridgehead atoms. The standard InChI is InChI=1S/C23H24BrN5O3/c24-22-16-2-1-9-26-19(16)20(28-15-6-4-14(25)5-7-15)21(29-22)23(30)27-11-13-3-8-17-18(10-13)32-12-31-17/h1-3,8-10,14-15,28H,4-7,11-12,25H2,(H,27,30). The number of rotatable bonds is 5. The Morgan fingerprint density at radius 1 is 1.16 bits per heavy atom. The van der Waals surface area contributed by atoms with Crippen molar-refractivity contribution < 1.29 is 14.3 Å². The first-order chi connectivity index (χ1) is 15.6. The molecule has 0 saturated heterocycles. The Morgan fingerprint density at radius 3 is 2.81 bits per heavy atom. The monoisotopic (exact) mass is 497 g/mol. The highest BCUT2D eigenvalue weighted by molar-refractivity contribution is 9.10. The molecule has 1 amide bonds. The molecule has 3 aromatic rings. The van der Waals surface area contributed by atoms with Crippen LogP contribution in [0.3, 0.4) is 0 Å². The fraction of sp³-hybridized carbons (Fsp3) is 0.348. The Morgan fingerprint density at radius 2 is 1.97 bits per heavy atom. The number of carbonyl (C=O) groups excluding carboxylic acids is 1. The molecule has 0 unspecified atom stereocenters. The third kappa shape index (κ3) is 4.22. The minimum absolute atomic E-state index is 0.217. The first-order valence-corrected chi connectivity index (χ1v) is 11.5. The largest absolute Gasteiger partial charge is 0.454 e. The number of nitrogens with one attached hydrogen (secondary N) is 2. The highest BCUT2D eigenvalue weighted by atomic mass is 79.9. The molecular weight excluding hydrogens is 474 g/mol. The van der Waals surface area contributed by atoms with Gasteiger partial charge in [0.05, 0.1) is 11.2 Å². The van der Waals surface area contributed by atoms with Gasteiger partial charge in [0.25, 0.3) is 5.91 Å². The zero-order chi connectivity index (χ0) is 22.1. The summed E-state index contributed by atoms with van der Waals surface area (Å²) in [5.41, 5.74) is 8.68. The molecule has 1 saturated carbocycles. The Hall–Kier alpha value is -2.91. The van der Waals surface area contributed by atoms with Crippen LogP contribution in [0.15, 0.2) is 41.1 Å². The molecule has 0 radical (unpaired) electrons. The smallest absolute Gasteiger partial charge is 0.272 e. The van der Waals surface area contributed by atoms with Crippen molar-refractivity contribution in [3.8, 4) is 11.5 Å². The van der Waals surface area contributed by atoms with Crippen molar-refractivity contribution in [2.45, 2.75) is 44.3 Å². The number of aromatic nitrogens is 2. The number of nitrogens with two attached hydrogens (primary N) is 1. The summed E-state index contributed by atoms with van der Waals surface area (Å²) in [6.07, 6.45) is 5.54. The Bertz CT molecular complexity index is 1160. The van der Waals surface area contributed by atoms with E-state index in [1.807, 2.05) is 30.3 Å². The molecule has 3 heterocycles. The molecule has 1 aliphatic carbocycles. The SMILES string of the molecule is NC1CCC(Nc2c(C(=O)NCc3ccc4c(c3)OCO4)nc(Br)c3cccnc23)CC1. The molecule has 5 rings (SSSR count). The minimum atomic E-state index is -0.272. The predicted molar refractivity (Wildman–Crippen MR) is 125 cm³/mol. The number of amides is 1. The Labute approximate surface area is 194 Å². The van der Waals surface area contributed by atoms with E-state index in [0.717, 1.165) is 42.1 Å². The summed E-state index contributed by atoms with van der Waals surface area (Å²) in [6.45, 7) is 0.557. The molecule has 0 spiro atoms. The zero-order valence-electron chi connectivity index (χ0n) is 17.4. The second-order valence-electron chi connectivity index (χ2n) is 8.15. The van der Waals surface area contributed by atoms with Crippen molar-refractivity contribution in [1.29, 1.82) is 0 Å². The molecule has 4 N–H and O–H groups in total. The maximum atomic E-state index is 13.2. The third-order valence-corrected chi connectivity index (χ3v) is 6.54. The molecule has 8 nitrogen and oxygen atoms in total. The average Bonchev–Trinajstić information content (AvgIpc) is 3.28. The minimum Gasteiger partial charge on any atom is -0.454 e. The van der Waals surface area contributed by atoms with Crippen LogP contribution in [0.25, 0.3) is 10.9 Å². The topological polar surface area (TPSA) is 111 Å². The van der Waals surface area contributed by atoms with Crippen molar-refractivity contribution in [3.05, 3.63) is 52.4 Å². The number of benzene rings is 1. The molecule has 1 aliphatic heterocycles. The normalized spacial score (nSPS) is 19.7. The van der Waals surface area contributed by atoms with Gasteiger partial charge >= 0.3 is 0 Å². The van der Waals surface area contributed by atoms with Gasteiger partial charge in [-0.05, 0) is 71.4 Å². The van der Waals surface area contributed by atoms with Crippen LogP contribution in [0.4, 0.5) is 5.69 Å². The molecule has 9 heteroatoms. The first kappa shape index (κ1) is 21.0. The fourth-order valence-electron chi connectivity index (χ4n) is 4.18. The lowest BCUT2D eigenvalue weighted by Gasteiger charge is -2.28. The second-order valence-corrected chi connectivity index (χ2v) is 8.90. The van der Waals surface area contributed by atoms with Crippen molar-refractivity contribution in [2.75, 3.05) is 12.1 Å². The summed E-state index contributed by atoms with van der Waals surface area (Å²) in [4.78, 5) is 22.4. The van der Waals surface area contributed by atoms with E-state index in [2.05, 4.69) is 36.5 Å². The second kappa shape index (κ2) is 8.91. The van der Waals surface area contributed by atoms with E-state index in [9.17, 15) is 4.79 Å². The average molecular weight is 498 g/mol. The van der Waals surface area contributed by atoms with Gasteiger partial charge in [-0.2, -0.15) is 0 Å². The van der Waals surface area contributed by atoms with E-state index in [1.54, 1.807) is 6.20 Å². The number of halogens is 1. The zero-order valence-corrected chi connectivity index (χ0v) is 19.0. The number of hydrogen-bond acceptors (Lipinski definition) is 7. The first-order valence-electron chi connectivity index (χ1n) is 10.7. The highest BCUT2D eigenvalue weighted by Crippen LogP contribution is 2.33. The van der Waals surface area contributed by atoms with Crippen LogP contribution in [-0.2, 0) is 6.54 Å². The summed E-state index contributed by atoms with van der Waals surface area (Å²) >= 11 is 3.51. The van der Waals surface area contributed by atoms with Gasteiger partial charge in [0.2, 0.25) is 6.79 Å². The molecule has 2 aliphatic rings. The van der Waals surface area contributed by atoms with Gasteiger partial charge in [-0.1, -0.05) is 6.07 Å². The van der Waals surface area contributed by atoms with E-state index in [-0.39, 0.29) is 24.8 Å². The molecule has 1 aromatic carbocycles. The Kier molecular flexibility index (Phi) is 5.84. The van der Waals surface area contributed by atoms with E-state index >= 15 is 0 Å². The lowest BCUT2D eigenvalue weighted by molar-refractivity contribution is 0.0946. The van der Waals surface area contributed by atoms with Crippen LogP contribution < -0.4 is 25.8 Å². The summed E-state index contributed by atoms with van der Waals surface area (Å²) in [6, 6.07) is 9.90. The third-order valence-electron chi connectivity index (χ3n) is 5.94. The van der Waals surface area contributed by atoms with Crippen LogP contribution in [0, 0.1) is 0 Å². The summed E-state index contributed by atoms with van der Waals surface area (Å²) in [5.74, 6) is 1.13. The van der Waals surface area contributed by atoms with Crippen molar-refractivity contribution >= 4 is 38.4 Å². The quantitative estimate of drug-likeness (QED) is 0.460. The van der Waals surface area contributed by atoms with Crippen molar-refractivity contribution in [2.24, 2.45) is 5.73 Å². The van der Waals surface area contributed by atoms with E-state index < -0.39 is 0 Å². The molecule has 32 heavy (non-hydrogen) atoms. The highest BCUT2D eigenvalue weighted by Gasteiger charge is 2.24. The maximum Gasteiger partial charge on any atom is 0.272 e. The summed E-state index contributed by atoms with van der Waals surface area (Å²) in [5, 5.41) is 7.39. The van der Waals surface area contributed by atoms with Gasteiger partial charge in [0.15, 0.2) is 17.2 Å². The van der Waals surface area contributed by atoms with Gasteiger partial charge in [-0.15, -0.1) is 0 Å². The van der Waals surface area contributed by atoms with Crippen molar-refractivity contribution in [1.82, 2.24) is 15.3 Å². The van der Waals surface area contributed by atoms with E-state index in [4.69, 9.17) is 15.2 Å². The number of pyridine rings is 2. The van der Waals surface area contributed by atoms with Crippen molar-refractivity contribution in [3.63, 3.8) is 0 Å². The fourth-order valence-corrected chi connectivity index (χ4v) is 4.68. The summed E-state index contributed by atoms with van der Waals surface area (Å²) in [7, 11) is 0. The lowest BCUT2D eigenvalue weighted by Crippen LogP contribution is -2.34. The number of nitrogens with zero attached hydrogens (tertiary/aromatic N) is 2. The summed E-state index contributed by atoms with van der Waals surface area (Å²) < 4.78 is 11.4. The van der Waals surface area contributed by atoms with Gasteiger partial charge < -0.3 is 25.8 Å². The number of hydrogen-bond donors (Lipinski definition) is 3. The van der Waals surface area contributed by atoms with E-state index in [1.165, 1.54) is 0 Å². The predicted octanol–water partition coefficient (Wildman–Crippen LogP) is 3.73. The molecular formula is C23H24BrN5O3. The number of anilines is 1. The van der Waals surface area contributed by atoms with Gasteiger partial charge in [0, 0.05) is 30.2 Å². The van der Waals surface area contributed by atoms with Crippen LogP contribution in [0.1, 0.15) is 41.7 Å². The van der Waals surface area contributed by atoms with Crippen LogP contribution in [0.2, 0.25) is 0 Å². The van der Waals surface area contributed by atoms with Crippen LogP contribution >= 0.6 is 15.9 Å². The van der Waals surface area contributed by atoms with Crippen LogP contribution in [0.5, 0.6) is 11.5 Å². The Balaban J connectivity index is 1.42. The number of fused-ring (bicyclic) bond motifs is 2. The number of ether oxygens (including phenoxy) is 2. The molecule has 1 fully saturated rings. The molecule has 166 valence electrons. The number of carbonyl (C=O) groups is 1. The van der Waals surface area contributed by atoms with Crippen LogP contribution in [-0.4, -0.2) is 34.8 Å². The molecule has 0 atom stereocenters. The molecule has 2 aromatic heterocycles.